The number of hydrogen-bond acceptors (Lipinski definition) is 4. The number of hydrogen-bond donors (Lipinski definition) is 1. The van der Waals surface area contributed by atoms with Gasteiger partial charge in [-0.1, -0.05) is 0 Å². The van der Waals surface area contributed by atoms with Crippen molar-refractivity contribution in [3.05, 3.63) is 0 Å². The number of carboxylic acid groups (broad SMARTS) is 1. The van der Waals surface area contributed by atoms with Crippen LogP contribution in [0.1, 0.15) is 12.8 Å². The zero-order valence-corrected chi connectivity index (χ0v) is 5.78. The number of carbonyl (C=O) groups excluding carboxylic acids is 2. The van der Waals surface area contributed by atoms with E-state index in [0.717, 1.165) is 0 Å². The van der Waals surface area contributed by atoms with Crippen LogP contribution in [-0.2, 0) is 19.1 Å². The minimum Gasteiger partial charge on any atom is -0.481 e. The standard InChI is InChI=1S/C6H8O5/c7-4-6(10)11-3-1-2-5(8)9/h4H,1-3H2,(H,8,9). The second-order valence-corrected chi connectivity index (χ2v) is 1.78. The van der Waals surface area contributed by atoms with Gasteiger partial charge >= 0.3 is 11.9 Å². The molecule has 0 aliphatic rings. The molecule has 0 rings (SSSR count). The molecule has 0 fully saturated rings. The zero-order valence-electron chi connectivity index (χ0n) is 5.78. The molecule has 5 nitrogen and oxygen atoms in total. The fraction of sp³-hybridized carbons (Fsp3) is 0.500. The molecule has 0 aliphatic heterocycles. The quantitative estimate of drug-likeness (QED) is 0.256. The maximum Gasteiger partial charge on any atom is 0.371 e. The Hall–Kier alpha value is -1.39. The van der Waals surface area contributed by atoms with Gasteiger partial charge in [0.2, 0.25) is 6.29 Å². The molecule has 1 N–H and O–H groups in total. The highest BCUT2D eigenvalue weighted by molar-refractivity contribution is 6.20. The average Bonchev–Trinajstić information content (AvgIpc) is 1.97. The van der Waals surface area contributed by atoms with Gasteiger partial charge in [-0.25, -0.2) is 4.79 Å². The summed E-state index contributed by atoms with van der Waals surface area (Å²) in [4.78, 5) is 29.7. The highest BCUT2D eigenvalue weighted by Gasteiger charge is 2.00. The largest absolute Gasteiger partial charge is 0.481 e. The van der Waals surface area contributed by atoms with Gasteiger partial charge in [0.1, 0.15) is 0 Å². The Morgan fingerprint density at radius 3 is 2.55 bits per heavy atom. The van der Waals surface area contributed by atoms with Crippen LogP contribution in [0.3, 0.4) is 0 Å². The van der Waals surface area contributed by atoms with Crippen molar-refractivity contribution in [2.45, 2.75) is 12.8 Å². The van der Waals surface area contributed by atoms with E-state index >= 15 is 0 Å². The minimum atomic E-state index is -0.963. The van der Waals surface area contributed by atoms with Crippen LogP contribution in [0.4, 0.5) is 0 Å². The molecule has 0 saturated carbocycles. The lowest BCUT2D eigenvalue weighted by Crippen LogP contribution is -2.07. The summed E-state index contributed by atoms with van der Waals surface area (Å²) >= 11 is 0. The fourth-order valence-corrected chi connectivity index (χ4v) is 0.430. The Morgan fingerprint density at radius 2 is 2.09 bits per heavy atom. The Morgan fingerprint density at radius 1 is 1.45 bits per heavy atom. The molecule has 5 heteroatoms. The summed E-state index contributed by atoms with van der Waals surface area (Å²) < 4.78 is 4.27. The molecule has 0 radical (unpaired) electrons. The van der Waals surface area contributed by atoms with Crippen molar-refractivity contribution in [1.82, 2.24) is 0 Å². The van der Waals surface area contributed by atoms with Crippen molar-refractivity contribution in [1.29, 1.82) is 0 Å². The van der Waals surface area contributed by atoms with Crippen molar-refractivity contribution in [3.63, 3.8) is 0 Å². The predicted molar refractivity (Wildman–Crippen MR) is 33.9 cm³/mol. The van der Waals surface area contributed by atoms with Crippen molar-refractivity contribution in [2.75, 3.05) is 6.61 Å². The molecular formula is C6H8O5. The van der Waals surface area contributed by atoms with Gasteiger partial charge in [0.05, 0.1) is 6.61 Å². The Labute approximate surface area is 63.0 Å². The first-order chi connectivity index (χ1) is 5.16. The summed E-state index contributed by atoms with van der Waals surface area (Å²) in [5, 5.41) is 8.13. The highest BCUT2D eigenvalue weighted by atomic mass is 16.5. The van der Waals surface area contributed by atoms with Crippen LogP contribution in [0.15, 0.2) is 0 Å². The molecule has 0 spiro atoms. The summed E-state index contributed by atoms with van der Waals surface area (Å²) in [6.07, 6.45) is 0.210. The molecule has 0 saturated heterocycles. The number of aldehydes is 1. The van der Waals surface area contributed by atoms with E-state index in [4.69, 9.17) is 5.11 Å². The van der Waals surface area contributed by atoms with E-state index in [0.29, 0.717) is 0 Å². The number of carboxylic acids is 1. The Kier molecular flexibility index (Phi) is 4.72. The lowest BCUT2D eigenvalue weighted by Gasteiger charge is -1.96. The third-order valence-corrected chi connectivity index (χ3v) is 0.876. The minimum absolute atomic E-state index is 0.0239. The fourth-order valence-electron chi connectivity index (χ4n) is 0.430. The van der Waals surface area contributed by atoms with Crippen LogP contribution in [0, 0.1) is 0 Å². The van der Waals surface area contributed by atoms with E-state index in [1.54, 1.807) is 0 Å². The first-order valence-corrected chi connectivity index (χ1v) is 3.00. The van der Waals surface area contributed by atoms with Gasteiger partial charge in [0.15, 0.2) is 0 Å². The van der Waals surface area contributed by atoms with Crippen LogP contribution >= 0.6 is 0 Å². The first-order valence-electron chi connectivity index (χ1n) is 3.00. The number of rotatable bonds is 5. The lowest BCUT2D eigenvalue weighted by molar-refractivity contribution is -0.149. The van der Waals surface area contributed by atoms with E-state index in [2.05, 4.69) is 4.74 Å². The summed E-state index contributed by atoms with van der Waals surface area (Å²) in [6, 6.07) is 0. The molecule has 0 heterocycles. The third kappa shape index (κ3) is 6.50. The van der Waals surface area contributed by atoms with Crippen molar-refractivity contribution >= 4 is 18.2 Å². The number of ether oxygens (including phenoxy) is 1. The van der Waals surface area contributed by atoms with E-state index in [-0.39, 0.29) is 25.7 Å². The Bertz CT molecular complexity index is 162. The second kappa shape index (κ2) is 5.40. The number of aliphatic carboxylic acids is 1. The summed E-state index contributed by atoms with van der Waals surface area (Å²) in [6.45, 7) is -0.0239. The molecule has 11 heavy (non-hydrogen) atoms. The first kappa shape index (κ1) is 9.61. The summed E-state index contributed by atoms with van der Waals surface area (Å²) in [5.74, 6) is -1.91. The molecule has 0 unspecified atom stereocenters. The van der Waals surface area contributed by atoms with Gasteiger partial charge in [0, 0.05) is 6.42 Å². The molecule has 0 amide bonds. The van der Waals surface area contributed by atoms with Gasteiger partial charge in [-0.15, -0.1) is 0 Å². The SMILES string of the molecule is O=CC(=O)OCCCC(=O)O. The maximum atomic E-state index is 10.1. The number of esters is 1. The maximum absolute atomic E-state index is 10.1. The Balaban J connectivity index is 3.21. The van der Waals surface area contributed by atoms with Gasteiger partial charge in [-0.3, -0.25) is 9.59 Å². The van der Waals surface area contributed by atoms with Gasteiger partial charge < -0.3 is 9.84 Å². The summed E-state index contributed by atoms with van der Waals surface area (Å²) in [5.41, 5.74) is 0. The molecular weight excluding hydrogens is 152 g/mol. The molecule has 0 aromatic heterocycles. The lowest BCUT2D eigenvalue weighted by atomic mass is 10.3. The van der Waals surface area contributed by atoms with E-state index in [1.807, 2.05) is 0 Å². The topological polar surface area (TPSA) is 80.7 Å². The van der Waals surface area contributed by atoms with Crippen molar-refractivity contribution < 1.29 is 24.2 Å². The number of carbonyl (C=O) groups is 3. The van der Waals surface area contributed by atoms with Crippen LogP contribution in [0.25, 0.3) is 0 Å². The second-order valence-electron chi connectivity index (χ2n) is 1.78. The van der Waals surface area contributed by atoms with E-state index < -0.39 is 11.9 Å². The van der Waals surface area contributed by atoms with Gasteiger partial charge in [0.25, 0.3) is 0 Å². The van der Waals surface area contributed by atoms with Crippen molar-refractivity contribution in [2.24, 2.45) is 0 Å². The van der Waals surface area contributed by atoms with E-state index in [1.165, 1.54) is 0 Å². The van der Waals surface area contributed by atoms with Crippen LogP contribution < -0.4 is 0 Å². The van der Waals surface area contributed by atoms with Crippen LogP contribution in [0.2, 0.25) is 0 Å². The molecule has 0 aromatic carbocycles. The molecule has 0 aromatic rings. The van der Waals surface area contributed by atoms with Crippen LogP contribution in [-0.4, -0.2) is 29.9 Å². The van der Waals surface area contributed by atoms with Crippen LogP contribution in [0.5, 0.6) is 0 Å². The molecule has 0 bridgehead atoms. The monoisotopic (exact) mass is 160 g/mol. The zero-order chi connectivity index (χ0) is 8.69. The highest BCUT2D eigenvalue weighted by Crippen LogP contribution is 1.89. The predicted octanol–water partition coefficient (Wildman–Crippen LogP) is -0.407. The molecule has 62 valence electrons. The van der Waals surface area contributed by atoms with E-state index in [9.17, 15) is 14.4 Å². The molecule has 0 aliphatic carbocycles. The average molecular weight is 160 g/mol. The normalized spacial score (nSPS) is 8.73. The van der Waals surface area contributed by atoms with Gasteiger partial charge in [-0.2, -0.15) is 0 Å². The smallest absolute Gasteiger partial charge is 0.371 e. The third-order valence-electron chi connectivity index (χ3n) is 0.876. The van der Waals surface area contributed by atoms with Gasteiger partial charge in [-0.05, 0) is 6.42 Å². The molecule has 0 atom stereocenters. The summed E-state index contributed by atoms with van der Waals surface area (Å²) in [7, 11) is 0. The van der Waals surface area contributed by atoms with Crippen molar-refractivity contribution in [3.8, 4) is 0 Å².